The summed E-state index contributed by atoms with van der Waals surface area (Å²) in [5, 5.41) is 22.6. The van der Waals surface area contributed by atoms with Crippen molar-refractivity contribution in [2.45, 2.75) is 12.5 Å². The van der Waals surface area contributed by atoms with E-state index >= 15 is 0 Å². The van der Waals surface area contributed by atoms with Crippen LogP contribution in [0.15, 0.2) is 22.7 Å². The predicted molar refractivity (Wildman–Crippen MR) is 69.4 cm³/mol. The van der Waals surface area contributed by atoms with E-state index in [4.69, 9.17) is 5.11 Å². The molecule has 6 nitrogen and oxygen atoms in total. The van der Waals surface area contributed by atoms with Crippen molar-refractivity contribution in [3.8, 4) is 0 Å². The van der Waals surface area contributed by atoms with Crippen LogP contribution in [-0.2, 0) is 4.79 Å². The summed E-state index contributed by atoms with van der Waals surface area (Å²) in [6.45, 7) is 0.594. The van der Waals surface area contributed by atoms with E-state index < -0.39 is 30.0 Å². The molecule has 4 N–H and O–H groups in total. The Kier molecular flexibility index (Phi) is 4.84. The van der Waals surface area contributed by atoms with E-state index in [2.05, 4.69) is 26.6 Å². The second kappa shape index (κ2) is 5.98. The first-order valence-corrected chi connectivity index (χ1v) is 5.97. The Morgan fingerprint density at radius 3 is 2.63 bits per heavy atom. The lowest BCUT2D eigenvalue weighted by atomic mass is 10.1. The number of carbonyl (C=O) groups excluding carboxylic acids is 1. The summed E-state index contributed by atoms with van der Waals surface area (Å²) < 4.78 is 13.2. The third kappa shape index (κ3) is 4.49. The highest BCUT2D eigenvalue weighted by Gasteiger charge is 2.30. The molecule has 2 amide bonds. The minimum Gasteiger partial charge on any atom is -0.479 e. The molecule has 0 spiro atoms. The molecule has 0 aliphatic heterocycles. The van der Waals surface area contributed by atoms with Crippen LogP contribution in [0.4, 0.5) is 14.9 Å². The van der Waals surface area contributed by atoms with Gasteiger partial charge in [0, 0.05) is 4.47 Å². The number of nitrogens with one attached hydrogen (secondary N) is 2. The standard InChI is InChI=1S/C11H12BrFN2O4/c1-11(19,9(16)17)5-14-10(18)15-8-3-2-6(13)4-7(8)12/h2-4,19H,5H2,1H3,(H,16,17)(H2,14,15,18). The third-order valence-electron chi connectivity index (χ3n) is 2.23. The molecule has 0 radical (unpaired) electrons. The number of carboxylic acids is 1. The minimum atomic E-state index is -2.06. The van der Waals surface area contributed by atoms with Gasteiger partial charge in [-0.15, -0.1) is 0 Å². The average Bonchev–Trinajstić information content (AvgIpc) is 2.30. The molecule has 0 saturated carbocycles. The molecular formula is C11H12BrFN2O4. The van der Waals surface area contributed by atoms with Crippen LogP contribution in [0.25, 0.3) is 0 Å². The van der Waals surface area contributed by atoms with Gasteiger partial charge in [-0.1, -0.05) is 0 Å². The number of aliphatic hydroxyl groups is 1. The average molecular weight is 335 g/mol. The highest BCUT2D eigenvalue weighted by Crippen LogP contribution is 2.22. The molecule has 0 saturated heterocycles. The van der Waals surface area contributed by atoms with Crippen LogP contribution in [0, 0.1) is 5.82 Å². The first-order chi connectivity index (χ1) is 8.72. The number of halogens is 2. The summed E-state index contributed by atoms with van der Waals surface area (Å²) in [5.41, 5.74) is -1.74. The number of hydrogen-bond donors (Lipinski definition) is 4. The van der Waals surface area contributed by atoms with E-state index in [9.17, 15) is 19.1 Å². The SMILES string of the molecule is CC(O)(CNC(=O)Nc1ccc(F)cc1Br)C(=O)O. The van der Waals surface area contributed by atoms with Gasteiger partial charge in [-0.2, -0.15) is 0 Å². The molecule has 1 aromatic rings. The van der Waals surface area contributed by atoms with Crippen LogP contribution in [0.3, 0.4) is 0 Å². The fourth-order valence-corrected chi connectivity index (χ4v) is 1.54. The maximum Gasteiger partial charge on any atom is 0.337 e. The summed E-state index contributed by atoms with van der Waals surface area (Å²) in [5.74, 6) is -1.91. The Bertz CT molecular complexity index is 507. The van der Waals surface area contributed by atoms with Crippen LogP contribution in [0.1, 0.15) is 6.92 Å². The molecule has 19 heavy (non-hydrogen) atoms. The summed E-state index contributed by atoms with van der Waals surface area (Å²) >= 11 is 3.06. The normalized spacial score (nSPS) is 13.5. The lowest BCUT2D eigenvalue weighted by molar-refractivity contribution is -0.155. The van der Waals surface area contributed by atoms with Crippen molar-refractivity contribution in [2.24, 2.45) is 0 Å². The quantitative estimate of drug-likeness (QED) is 0.671. The highest BCUT2D eigenvalue weighted by molar-refractivity contribution is 9.10. The molecule has 0 heterocycles. The van der Waals surface area contributed by atoms with Crippen molar-refractivity contribution in [3.63, 3.8) is 0 Å². The molecule has 8 heteroatoms. The van der Waals surface area contributed by atoms with Gasteiger partial charge < -0.3 is 20.8 Å². The number of anilines is 1. The van der Waals surface area contributed by atoms with Gasteiger partial charge in [0.25, 0.3) is 0 Å². The highest BCUT2D eigenvalue weighted by atomic mass is 79.9. The maximum absolute atomic E-state index is 12.8. The fraction of sp³-hybridized carbons (Fsp3) is 0.273. The number of carboxylic acid groups (broad SMARTS) is 1. The fourth-order valence-electron chi connectivity index (χ4n) is 1.09. The number of aliphatic carboxylic acids is 1. The van der Waals surface area contributed by atoms with Crippen LogP contribution < -0.4 is 10.6 Å². The van der Waals surface area contributed by atoms with Gasteiger partial charge in [0.05, 0.1) is 12.2 Å². The minimum absolute atomic E-state index is 0.314. The van der Waals surface area contributed by atoms with Crippen LogP contribution in [-0.4, -0.2) is 34.4 Å². The molecule has 0 bridgehead atoms. The van der Waals surface area contributed by atoms with E-state index in [-0.39, 0.29) is 0 Å². The maximum atomic E-state index is 12.8. The molecule has 0 aromatic heterocycles. The number of hydrogen-bond acceptors (Lipinski definition) is 3. The largest absolute Gasteiger partial charge is 0.479 e. The Labute approximate surface area is 116 Å². The van der Waals surface area contributed by atoms with E-state index in [1.54, 1.807) is 0 Å². The Morgan fingerprint density at radius 2 is 2.11 bits per heavy atom. The van der Waals surface area contributed by atoms with E-state index in [1.165, 1.54) is 12.1 Å². The molecule has 1 unspecified atom stereocenters. The zero-order valence-corrected chi connectivity index (χ0v) is 11.5. The monoisotopic (exact) mass is 334 g/mol. The molecule has 1 rings (SSSR count). The van der Waals surface area contributed by atoms with E-state index in [0.29, 0.717) is 10.2 Å². The summed E-state index contributed by atoms with van der Waals surface area (Å²) in [6.07, 6.45) is 0. The van der Waals surface area contributed by atoms with Crippen LogP contribution >= 0.6 is 15.9 Å². The first-order valence-electron chi connectivity index (χ1n) is 5.18. The summed E-state index contributed by atoms with van der Waals surface area (Å²) in [7, 11) is 0. The molecule has 1 atom stereocenters. The molecule has 0 aliphatic rings. The van der Waals surface area contributed by atoms with Gasteiger partial charge in [-0.25, -0.2) is 14.0 Å². The van der Waals surface area contributed by atoms with Gasteiger partial charge in [-0.3, -0.25) is 0 Å². The zero-order valence-electron chi connectivity index (χ0n) is 9.91. The molecule has 0 aliphatic carbocycles. The van der Waals surface area contributed by atoms with Crippen molar-refractivity contribution in [1.82, 2.24) is 5.32 Å². The van der Waals surface area contributed by atoms with Crippen molar-refractivity contribution in [3.05, 3.63) is 28.5 Å². The Morgan fingerprint density at radius 1 is 1.47 bits per heavy atom. The van der Waals surface area contributed by atoms with Crippen LogP contribution in [0.5, 0.6) is 0 Å². The van der Waals surface area contributed by atoms with Crippen molar-refractivity contribution >= 4 is 33.6 Å². The smallest absolute Gasteiger partial charge is 0.337 e. The predicted octanol–water partition coefficient (Wildman–Crippen LogP) is 1.55. The molecule has 1 aromatic carbocycles. The summed E-state index contributed by atoms with van der Waals surface area (Å²) in [6, 6.07) is 2.96. The number of urea groups is 1. The van der Waals surface area contributed by atoms with E-state index in [0.717, 1.165) is 13.0 Å². The van der Waals surface area contributed by atoms with Crippen molar-refractivity contribution < 1.29 is 24.2 Å². The first kappa shape index (κ1) is 15.4. The Hall–Kier alpha value is -1.67. The van der Waals surface area contributed by atoms with Gasteiger partial charge in [-0.05, 0) is 41.1 Å². The van der Waals surface area contributed by atoms with Crippen molar-refractivity contribution in [2.75, 3.05) is 11.9 Å². The number of benzene rings is 1. The second-order valence-electron chi connectivity index (χ2n) is 4.01. The number of rotatable bonds is 4. The van der Waals surface area contributed by atoms with Gasteiger partial charge in [0.1, 0.15) is 5.82 Å². The van der Waals surface area contributed by atoms with E-state index in [1.807, 2.05) is 0 Å². The lowest BCUT2D eigenvalue weighted by Crippen LogP contribution is -2.47. The van der Waals surface area contributed by atoms with Crippen molar-refractivity contribution in [1.29, 1.82) is 0 Å². The third-order valence-corrected chi connectivity index (χ3v) is 2.89. The molecule has 0 fully saturated rings. The molecular weight excluding hydrogens is 323 g/mol. The van der Waals surface area contributed by atoms with Gasteiger partial charge in [0.2, 0.25) is 0 Å². The molecule has 104 valence electrons. The summed E-state index contributed by atoms with van der Waals surface area (Å²) in [4.78, 5) is 22.1. The second-order valence-corrected chi connectivity index (χ2v) is 4.87. The lowest BCUT2D eigenvalue weighted by Gasteiger charge is -2.18. The Balaban J connectivity index is 2.59. The topological polar surface area (TPSA) is 98.7 Å². The number of amides is 2. The zero-order chi connectivity index (χ0) is 14.6. The van der Waals surface area contributed by atoms with Crippen LogP contribution in [0.2, 0.25) is 0 Å². The van der Waals surface area contributed by atoms with Gasteiger partial charge in [0.15, 0.2) is 5.60 Å². The number of carbonyl (C=O) groups is 2. The van der Waals surface area contributed by atoms with Gasteiger partial charge >= 0.3 is 12.0 Å².